The monoisotopic (exact) mass is 304 g/mol. The van der Waals surface area contributed by atoms with E-state index in [0.29, 0.717) is 10.0 Å². The molecule has 6 heteroatoms. The lowest BCUT2D eigenvalue weighted by Gasteiger charge is -2.27. The second kappa shape index (κ2) is 5.59. The largest absolute Gasteiger partial charge is 0.331 e. The number of urea groups is 1. The molecule has 1 fully saturated rings. The first-order chi connectivity index (χ1) is 8.50. The molecule has 98 valence electrons. The van der Waals surface area contributed by atoms with Gasteiger partial charge in [-0.2, -0.15) is 0 Å². The van der Waals surface area contributed by atoms with Crippen LogP contribution >= 0.6 is 35.0 Å². The molecule has 3 nitrogen and oxygen atoms in total. The highest BCUT2D eigenvalue weighted by molar-refractivity contribution is 7.99. The fraction of sp³-hybridized carbons (Fsp3) is 0.417. The first-order valence-corrected chi connectivity index (χ1v) is 7.35. The van der Waals surface area contributed by atoms with Crippen molar-refractivity contribution < 1.29 is 4.79 Å². The third kappa shape index (κ3) is 2.71. The van der Waals surface area contributed by atoms with E-state index in [1.807, 2.05) is 11.0 Å². The van der Waals surface area contributed by atoms with Gasteiger partial charge in [-0.1, -0.05) is 29.3 Å². The minimum Gasteiger partial charge on any atom is -0.331 e. The van der Waals surface area contributed by atoms with Crippen LogP contribution in [0.25, 0.3) is 0 Å². The molecule has 1 atom stereocenters. The highest BCUT2D eigenvalue weighted by atomic mass is 35.5. The summed E-state index contributed by atoms with van der Waals surface area (Å²) < 4.78 is 0. The van der Waals surface area contributed by atoms with E-state index in [-0.39, 0.29) is 11.4 Å². The van der Waals surface area contributed by atoms with Crippen molar-refractivity contribution in [3.05, 3.63) is 33.8 Å². The zero-order valence-corrected chi connectivity index (χ0v) is 12.5. The molecular formula is C12H14Cl2N2OS. The molecule has 1 aliphatic heterocycles. The number of rotatable bonds is 1. The average Bonchev–Trinajstić information content (AvgIpc) is 2.76. The maximum Gasteiger partial charge on any atom is 0.320 e. The Morgan fingerprint density at radius 1 is 1.44 bits per heavy atom. The highest BCUT2D eigenvalue weighted by Crippen LogP contribution is 2.41. The lowest BCUT2D eigenvalue weighted by molar-refractivity contribution is 0.173. The molecule has 2 rings (SSSR count). The number of hydrogen-bond acceptors (Lipinski definition) is 2. The number of halogens is 2. The lowest BCUT2D eigenvalue weighted by atomic mass is 10.2. The normalized spacial score (nSPS) is 19.1. The van der Waals surface area contributed by atoms with Gasteiger partial charge < -0.3 is 9.80 Å². The van der Waals surface area contributed by atoms with E-state index in [2.05, 4.69) is 0 Å². The Hall–Kier alpha value is -0.580. The van der Waals surface area contributed by atoms with Crippen LogP contribution in [0, 0.1) is 0 Å². The van der Waals surface area contributed by atoms with Crippen LogP contribution < -0.4 is 0 Å². The summed E-state index contributed by atoms with van der Waals surface area (Å²) >= 11 is 13.8. The highest BCUT2D eigenvalue weighted by Gasteiger charge is 2.32. The van der Waals surface area contributed by atoms with Crippen molar-refractivity contribution >= 4 is 41.0 Å². The third-order valence-corrected chi connectivity index (χ3v) is 4.55. The van der Waals surface area contributed by atoms with E-state index >= 15 is 0 Å². The van der Waals surface area contributed by atoms with Gasteiger partial charge in [0, 0.05) is 42.0 Å². The number of benzene rings is 1. The summed E-state index contributed by atoms with van der Waals surface area (Å²) in [6.07, 6.45) is 0. The Balaban J connectivity index is 2.29. The summed E-state index contributed by atoms with van der Waals surface area (Å²) in [5, 5.41) is 1.19. The van der Waals surface area contributed by atoms with Gasteiger partial charge in [0.1, 0.15) is 5.37 Å². The van der Waals surface area contributed by atoms with Crippen LogP contribution in [0.5, 0.6) is 0 Å². The fourth-order valence-corrected chi connectivity index (χ4v) is 3.74. The van der Waals surface area contributed by atoms with Crippen LogP contribution in [-0.4, -0.2) is 42.2 Å². The first kappa shape index (κ1) is 13.8. The topological polar surface area (TPSA) is 23.6 Å². The van der Waals surface area contributed by atoms with E-state index in [1.54, 1.807) is 42.9 Å². The molecule has 0 saturated carbocycles. The quantitative estimate of drug-likeness (QED) is 0.789. The molecule has 1 aliphatic rings. The van der Waals surface area contributed by atoms with Crippen LogP contribution in [0.2, 0.25) is 10.0 Å². The van der Waals surface area contributed by atoms with Crippen LogP contribution in [0.1, 0.15) is 10.9 Å². The summed E-state index contributed by atoms with van der Waals surface area (Å²) in [5.41, 5.74) is 0.943. The molecule has 1 aromatic rings. The van der Waals surface area contributed by atoms with Crippen molar-refractivity contribution in [2.45, 2.75) is 5.37 Å². The number of amides is 2. The third-order valence-electron chi connectivity index (χ3n) is 2.75. The van der Waals surface area contributed by atoms with Gasteiger partial charge >= 0.3 is 6.03 Å². The second-order valence-corrected chi connectivity index (χ2v) is 6.29. The maximum absolute atomic E-state index is 12.1. The van der Waals surface area contributed by atoms with Crippen molar-refractivity contribution in [1.29, 1.82) is 0 Å². The Morgan fingerprint density at radius 3 is 2.78 bits per heavy atom. The maximum atomic E-state index is 12.1. The van der Waals surface area contributed by atoms with E-state index < -0.39 is 0 Å². The molecule has 0 aliphatic carbocycles. The molecule has 1 aromatic carbocycles. The van der Waals surface area contributed by atoms with E-state index in [9.17, 15) is 4.79 Å². The van der Waals surface area contributed by atoms with Gasteiger partial charge in [0.25, 0.3) is 0 Å². The van der Waals surface area contributed by atoms with E-state index in [4.69, 9.17) is 23.2 Å². The number of hydrogen-bond donors (Lipinski definition) is 0. The molecule has 2 amide bonds. The first-order valence-electron chi connectivity index (χ1n) is 5.55. The molecular weight excluding hydrogens is 291 g/mol. The summed E-state index contributed by atoms with van der Waals surface area (Å²) in [7, 11) is 3.51. The van der Waals surface area contributed by atoms with Crippen molar-refractivity contribution in [3.8, 4) is 0 Å². The molecule has 1 saturated heterocycles. The summed E-state index contributed by atoms with van der Waals surface area (Å²) in [6, 6.07) is 5.43. The van der Waals surface area contributed by atoms with Gasteiger partial charge in [-0.05, 0) is 12.1 Å². The predicted octanol–water partition coefficient (Wildman–Crippen LogP) is 3.72. The molecule has 0 bridgehead atoms. The number of nitrogens with zero attached hydrogens (tertiary/aromatic N) is 2. The molecule has 1 heterocycles. The lowest BCUT2D eigenvalue weighted by Crippen LogP contribution is -2.38. The van der Waals surface area contributed by atoms with E-state index in [0.717, 1.165) is 17.9 Å². The Labute approximate surface area is 121 Å². The predicted molar refractivity (Wildman–Crippen MR) is 77.5 cm³/mol. The van der Waals surface area contributed by atoms with Gasteiger partial charge in [-0.25, -0.2) is 4.79 Å². The van der Waals surface area contributed by atoms with Crippen LogP contribution in [0.4, 0.5) is 4.79 Å². The van der Waals surface area contributed by atoms with Crippen molar-refractivity contribution in [2.75, 3.05) is 26.4 Å². The zero-order valence-electron chi connectivity index (χ0n) is 10.2. The van der Waals surface area contributed by atoms with Gasteiger partial charge in [-0.15, -0.1) is 11.8 Å². The SMILES string of the molecule is CN(C)C(=O)N1CCS[C@@H]1c1ccc(Cl)cc1Cl. The van der Waals surface area contributed by atoms with Crippen molar-refractivity contribution in [1.82, 2.24) is 9.80 Å². The van der Waals surface area contributed by atoms with Crippen molar-refractivity contribution in [2.24, 2.45) is 0 Å². The minimum atomic E-state index is -0.0235. The Morgan fingerprint density at radius 2 is 2.17 bits per heavy atom. The number of carbonyl (C=O) groups is 1. The minimum absolute atomic E-state index is 0.0102. The van der Waals surface area contributed by atoms with Crippen LogP contribution in [0.15, 0.2) is 18.2 Å². The van der Waals surface area contributed by atoms with Crippen LogP contribution in [0.3, 0.4) is 0 Å². The van der Waals surface area contributed by atoms with Crippen molar-refractivity contribution in [3.63, 3.8) is 0 Å². The summed E-state index contributed by atoms with van der Waals surface area (Å²) in [6.45, 7) is 0.741. The molecule has 18 heavy (non-hydrogen) atoms. The molecule has 0 spiro atoms. The fourth-order valence-electron chi connectivity index (χ4n) is 1.88. The van der Waals surface area contributed by atoms with Gasteiger partial charge in [0.15, 0.2) is 0 Å². The van der Waals surface area contributed by atoms with Crippen LogP contribution in [-0.2, 0) is 0 Å². The van der Waals surface area contributed by atoms with Gasteiger partial charge in [-0.3, -0.25) is 0 Å². The van der Waals surface area contributed by atoms with Gasteiger partial charge in [0.05, 0.1) is 0 Å². The number of thioether (sulfide) groups is 1. The number of carbonyl (C=O) groups excluding carboxylic acids is 1. The van der Waals surface area contributed by atoms with Gasteiger partial charge in [0.2, 0.25) is 0 Å². The Kier molecular flexibility index (Phi) is 4.30. The molecule has 0 aromatic heterocycles. The summed E-state index contributed by atoms with van der Waals surface area (Å²) in [4.78, 5) is 15.5. The molecule has 0 unspecified atom stereocenters. The average molecular weight is 305 g/mol. The zero-order chi connectivity index (χ0) is 13.3. The smallest absolute Gasteiger partial charge is 0.320 e. The molecule has 0 N–H and O–H groups in total. The second-order valence-electron chi connectivity index (χ2n) is 4.26. The van der Waals surface area contributed by atoms with E-state index in [1.165, 1.54) is 0 Å². The Bertz CT molecular complexity index is 467. The summed E-state index contributed by atoms with van der Waals surface area (Å²) in [5.74, 6) is 0.920. The molecule has 0 radical (unpaired) electrons. The standard InChI is InChI=1S/C12H14Cl2N2OS/c1-15(2)12(17)16-5-6-18-11(16)9-4-3-8(13)7-10(9)14/h3-4,7,11H,5-6H2,1-2H3/t11-/m1/s1.